The SMILES string of the molecule is Cc1cc2c(cc1C(C)(C)C)-c1cc(C(C)(C)C)c(C)cc1[CH]2[Zr]([C]1=CC=CC1)=[C](c1cccc2ccccc12)c1cccc2ccccc12.Cl.Cl. The molecule has 6 aromatic carbocycles. The largest absolute Gasteiger partial charge is 0.147 e. The van der Waals surface area contributed by atoms with Gasteiger partial charge < -0.3 is 0 Å². The Hall–Kier alpha value is -3.35. The molecule has 0 unspecified atom stereocenters. The molecule has 0 N–H and O–H groups in total. The topological polar surface area (TPSA) is 0 Å². The van der Waals surface area contributed by atoms with Crippen molar-refractivity contribution in [2.24, 2.45) is 0 Å². The molecule has 0 radical (unpaired) electrons. The fourth-order valence-electron chi connectivity index (χ4n) is 8.96. The van der Waals surface area contributed by atoms with Crippen LogP contribution in [0.3, 0.4) is 0 Å². The number of hydrogen-bond donors (Lipinski definition) is 0. The molecule has 0 aliphatic heterocycles. The van der Waals surface area contributed by atoms with Gasteiger partial charge in [0.05, 0.1) is 0 Å². The van der Waals surface area contributed by atoms with Crippen molar-refractivity contribution < 1.29 is 21.3 Å². The molecule has 0 aromatic heterocycles. The first-order valence-corrected chi connectivity index (χ1v) is 22.2. The number of aryl methyl sites for hydroxylation is 2. The maximum Gasteiger partial charge on any atom is -0.147 e. The van der Waals surface area contributed by atoms with Gasteiger partial charge in [-0.15, -0.1) is 24.8 Å². The average molecular weight is 801 g/mol. The van der Waals surface area contributed by atoms with Crippen molar-refractivity contribution in [3.63, 3.8) is 0 Å². The summed E-state index contributed by atoms with van der Waals surface area (Å²) in [6.45, 7) is 18.9. The summed E-state index contributed by atoms with van der Waals surface area (Å²) in [4.78, 5) is 0. The molecule has 3 heteroatoms. The predicted octanol–water partition coefficient (Wildman–Crippen LogP) is 13.8. The van der Waals surface area contributed by atoms with E-state index in [4.69, 9.17) is 0 Å². The van der Waals surface area contributed by atoms with Crippen LogP contribution in [0.2, 0.25) is 0 Å². The van der Waals surface area contributed by atoms with Crippen molar-refractivity contribution in [2.75, 3.05) is 0 Å². The third kappa shape index (κ3) is 6.57. The third-order valence-corrected chi connectivity index (χ3v) is 19.3. The number of benzene rings is 6. The zero-order valence-electron chi connectivity index (χ0n) is 31.7. The van der Waals surface area contributed by atoms with Crippen LogP contribution >= 0.6 is 24.8 Å². The second-order valence-corrected chi connectivity index (χ2v) is 22.9. The molecular formula is C49H50Cl2Zr. The summed E-state index contributed by atoms with van der Waals surface area (Å²) in [6, 6.07) is 42.5. The Bertz CT molecular complexity index is 2280. The van der Waals surface area contributed by atoms with Crippen molar-refractivity contribution in [3.05, 3.63) is 175 Å². The van der Waals surface area contributed by atoms with Gasteiger partial charge in [-0.25, -0.2) is 0 Å². The Morgan fingerprint density at radius 2 is 1.02 bits per heavy atom. The minimum absolute atomic E-state index is 0. The van der Waals surface area contributed by atoms with Crippen LogP contribution in [-0.2, 0) is 32.1 Å². The zero-order chi connectivity index (χ0) is 34.9. The molecule has 8 rings (SSSR count). The summed E-state index contributed by atoms with van der Waals surface area (Å²) < 4.78 is 3.67. The Morgan fingerprint density at radius 3 is 1.44 bits per heavy atom. The van der Waals surface area contributed by atoms with Gasteiger partial charge in [-0.2, -0.15) is 0 Å². The van der Waals surface area contributed by atoms with Crippen LogP contribution in [0, 0.1) is 13.8 Å². The third-order valence-electron chi connectivity index (χ3n) is 11.1. The predicted molar refractivity (Wildman–Crippen MR) is 228 cm³/mol. The van der Waals surface area contributed by atoms with Crippen LogP contribution in [0.5, 0.6) is 0 Å². The van der Waals surface area contributed by atoms with Crippen molar-refractivity contribution in [1.29, 1.82) is 0 Å². The zero-order valence-corrected chi connectivity index (χ0v) is 35.8. The molecule has 0 bridgehead atoms. The van der Waals surface area contributed by atoms with E-state index in [0.717, 1.165) is 6.42 Å². The second-order valence-electron chi connectivity index (χ2n) is 16.6. The van der Waals surface area contributed by atoms with E-state index in [0.29, 0.717) is 3.63 Å². The Balaban J connectivity index is 0.00000232. The maximum absolute atomic E-state index is 2.94. The first-order valence-electron chi connectivity index (χ1n) is 18.3. The minimum Gasteiger partial charge on any atom is -0.147 e. The van der Waals surface area contributed by atoms with Crippen molar-refractivity contribution in [1.82, 2.24) is 0 Å². The van der Waals surface area contributed by atoms with Gasteiger partial charge in [0.1, 0.15) is 0 Å². The Kier molecular flexibility index (Phi) is 10.7. The van der Waals surface area contributed by atoms with E-state index in [1.54, 1.807) is 17.6 Å². The molecule has 0 fully saturated rings. The van der Waals surface area contributed by atoms with Gasteiger partial charge in [-0.05, 0) is 0 Å². The first-order chi connectivity index (χ1) is 23.9. The number of fused-ring (bicyclic) bond motifs is 5. The molecule has 0 amide bonds. The summed E-state index contributed by atoms with van der Waals surface area (Å²) in [6.07, 6.45) is 8.29. The number of halogens is 2. The van der Waals surface area contributed by atoms with Crippen LogP contribution in [0.1, 0.15) is 96.1 Å². The van der Waals surface area contributed by atoms with Gasteiger partial charge in [0.15, 0.2) is 0 Å². The number of rotatable bonds is 4. The van der Waals surface area contributed by atoms with Crippen molar-refractivity contribution >= 4 is 49.6 Å². The summed E-state index contributed by atoms with van der Waals surface area (Å²) in [5.74, 6) is 0. The van der Waals surface area contributed by atoms with Crippen LogP contribution in [-0.4, -0.2) is 3.21 Å². The number of allylic oxidation sites excluding steroid dienone is 4. The fraction of sp³-hybridized carbons (Fsp3) is 0.245. The molecule has 0 spiro atoms. The van der Waals surface area contributed by atoms with Crippen LogP contribution in [0.25, 0.3) is 32.7 Å². The summed E-state index contributed by atoms with van der Waals surface area (Å²) in [7, 11) is 0. The molecule has 2 aliphatic carbocycles. The molecule has 2 aliphatic rings. The van der Waals surface area contributed by atoms with Crippen LogP contribution in [0.15, 0.2) is 131 Å². The normalized spacial score (nSPS) is 13.7. The number of hydrogen-bond acceptors (Lipinski definition) is 0. The smallest absolute Gasteiger partial charge is 0.147 e. The van der Waals surface area contributed by atoms with E-state index < -0.39 is 21.3 Å². The molecule has 0 heterocycles. The van der Waals surface area contributed by atoms with Crippen LogP contribution < -0.4 is 0 Å². The van der Waals surface area contributed by atoms with E-state index >= 15 is 0 Å². The molecule has 52 heavy (non-hydrogen) atoms. The van der Waals surface area contributed by atoms with Crippen molar-refractivity contribution in [3.8, 4) is 11.1 Å². The Labute approximate surface area is 331 Å². The molecule has 0 saturated carbocycles. The monoisotopic (exact) mass is 798 g/mol. The van der Waals surface area contributed by atoms with Gasteiger partial charge in [-0.3, -0.25) is 0 Å². The molecule has 0 atom stereocenters. The van der Waals surface area contributed by atoms with Crippen LogP contribution in [0.4, 0.5) is 0 Å². The summed E-state index contributed by atoms with van der Waals surface area (Å²) in [5, 5.41) is 5.35. The maximum atomic E-state index is 2.61. The molecule has 6 aromatic rings. The average Bonchev–Trinajstić information content (AvgIpc) is 3.71. The van der Waals surface area contributed by atoms with Gasteiger partial charge in [0.2, 0.25) is 0 Å². The van der Waals surface area contributed by atoms with E-state index in [9.17, 15) is 0 Å². The van der Waals surface area contributed by atoms with Gasteiger partial charge in [-0.1, -0.05) is 0 Å². The molecule has 264 valence electrons. The summed E-state index contributed by atoms with van der Waals surface area (Å²) >= 11 is -2.94. The van der Waals surface area contributed by atoms with E-state index in [1.165, 1.54) is 66.1 Å². The molecule has 0 saturated heterocycles. The van der Waals surface area contributed by atoms with Gasteiger partial charge in [0.25, 0.3) is 0 Å². The quantitative estimate of drug-likeness (QED) is 0.167. The standard InChI is InChI=1S/C23H29.C21H14.C5H5.2ClH.Zr/c1-14-9-16-11-17-10-15(2)21(23(6,7)8)13-19(17)18(16)12-20(14)22(3,4)5;1-3-13-20-16(7-1)9-5-11-18(20)15-19-12-6-10-17-8-2-4-14-21(17)19;1-2-4-5-3-1;;;/h9-13H,1-8H3;1-14H;1-3H,4H2;2*1H;. The van der Waals surface area contributed by atoms with E-state index in [-0.39, 0.29) is 35.6 Å². The van der Waals surface area contributed by atoms with E-state index in [1.807, 2.05) is 0 Å². The Morgan fingerprint density at radius 1 is 0.577 bits per heavy atom. The van der Waals surface area contributed by atoms with Crippen molar-refractivity contribution in [2.45, 2.75) is 76.3 Å². The van der Waals surface area contributed by atoms with Gasteiger partial charge in [0, 0.05) is 0 Å². The summed E-state index contributed by atoms with van der Waals surface area (Å²) in [5.41, 5.74) is 14.8. The van der Waals surface area contributed by atoms with Gasteiger partial charge >= 0.3 is 309 Å². The molecule has 0 nitrogen and oxygen atoms in total. The second kappa shape index (κ2) is 14.5. The molecular weight excluding hydrogens is 751 g/mol. The first kappa shape index (κ1) is 38.4. The fourth-order valence-corrected chi connectivity index (χ4v) is 18.1. The minimum atomic E-state index is -2.94. The van der Waals surface area contributed by atoms with E-state index in [2.05, 4.69) is 183 Å².